The highest BCUT2D eigenvalue weighted by molar-refractivity contribution is 5.67. The quantitative estimate of drug-likeness (QED) is 0.830. The number of carbonyl (C=O) groups is 1. The summed E-state index contributed by atoms with van der Waals surface area (Å²) in [5.41, 5.74) is 1.21. The van der Waals surface area contributed by atoms with Gasteiger partial charge in [0.2, 0.25) is 0 Å². The SMILES string of the molecule is CCC(C)OC(=O)NCCc1ccccc1. The Hall–Kier alpha value is -1.51. The number of ether oxygens (including phenoxy) is 1. The minimum absolute atomic E-state index is 0.0169. The van der Waals surface area contributed by atoms with Crippen LogP contribution in [-0.4, -0.2) is 18.7 Å². The molecule has 0 heterocycles. The molecule has 1 aromatic carbocycles. The van der Waals surface area contributed by atoms with Crippen LogP contribution in [0.2, 0.25) is 0 Å². The molecule has 0 radical (unpaired) electrons. The summed E-state index contributed by atoms with van der Waals surface area (Å²) >= 11 is 0. The van der Waals surface area contributed by atoms with Gasteiger partial charge in [0.15, 0.2) is 0 Å². The summed E-state index contributed by atoms with van der Waals surface area (Å²) in [6.45, 7) is 4.48. The second kappa shape index (κ2) is 6.88. The van der Waals surface area contributed by atoms with Gasteiger partial charge in [-0.05, 0) is 25.3 Å². The highest BCUT2D eigenvalue weighted by atomic mass is 16.6. The largest absolute Gasteiger partial charge is 0.447 e. The molecule has 0 aromatic heterocycles. The number of benzene rings is 1. The molecular weight excluding hydrogens is 202 g/mol. The number of carbonyl (C=O) groups excluding carboxylic acids is 1. The average Bonchev–Trinajstić information content (AvgIpc) is 2.30. The van der Waals surface area contributed by atoms with E-state index in [1.165, 1.54) is 5.56 Å². The van der Waals surface area contributed by atoms with Crippen molar-refractivity contribution in [3.8, 4) is 0 Å². The van der Waals surface area contributed by atoms with Gasteiger partial charge < -0.3 is 10.1 Å². The molecule has 0 aliphatic rings. The molecular formula is C13H19NO2. The van der Waals surface area contributed by atoms with Crippen LogP contribution in [0.5, 0.6) is 0 Å². The van der Waals surface area contributed by atoms with Crippen molar-refractivity contribution in [2.45, 2.75) is 32.8 Å². The zero-order chi connectivity index (χ0) is 11.8. The first kappa shape index (κ1) is 12.6. The van der Waals surface area contributed by atoms with Crippen LogP contribution in [0, 0.1) is 0 Å². The molecule has 88 valence electrons. The zero-order valence-electron chi connectivity index (χ0n) is 9.90. The third-order valence-electron chi connectivity index (χ3n) is 2.41. The number of nitrogens with one attached hydrogen (secondary N) is 1. The van der Waals surface area contributed by atoms with Crippen molar-refractivity contribution < 1.29 is 9.53 Å². The van der Waals surface area contributed by atoms with Crippen molar-refractivity contribution in [1.82, 2.24) is 5.32 Å². The predicted octanol–water partition coefficient (Wildman–Crippen LogP) is 2.75. The summed E-state index contributed by atoms with van der Waals surface area (Å²) in [5.74, 6) is 0. The van der Waals surface area contributed by atoms with E-state index in [1.54, 1.807) is 0 Å². The normalized spacial score (nSPS) is 11.9. The first-order valence-electron chi connectivity index (χ1n) is 5.70. The Labute approximate surface area is 96.8 Å². The molecule has 0 saturated heterocycles. The minimum Gasteiger partial charge on any atom is -0.447 e. The lowest BCUT2D eigenvalue weighted by atomic mass is 10.1. The molecule has 3 heteroatoms. The molecule has 1 atom stereocenters. The van der Waals surface area contributed by atoms with E-state index in [4.69, 9.17) is 4.74 Å². The maximum atomic E-state index is 11.3. The molecule has 0 aliphatic heterocycles. The number of rotatable bonds is 5. The van der Waals surface area contributed by atoms with Crippen LogP contribution in [0.4, 0.5) is 4.79 Å². The van der Waals surface area contributed by atoms with Crippen molar-refractivity contribution in [3.63, 3.8) is 0 Å². The summed E-state index contributed by atoms with van der Waals surface area (Å²) in [6.07, 6.45) is 1.32. The fourth-order valence-electron chi connectivity index (χ4n) is 1.26. The molecule has 16 heavy (non-hydrogen) atoms. The van der Waals surface area contributed by atoms with Gasteiger partial charge in [-0.3, -0.25) is 0 Å². The van der Waals surface area contributed by atoms with Gasteiger partial charge >= 0.3 is 6.09 Å². The van der Waals surface area contributed by atoms with Crippen LogP contribution in [0.15, 0.2) is 30.3 Å². The molecule has 1 aromatic rings. The van der Waals surface area contributed by atoms with Crippen LogP contribution in [0.3, 0.4) is 0 Å². The van der Waals surface area contributed by atoms with Crippen LogP contribution >= 0.6 is 0 Å². The maximum absolute atomic E-state index is 11.3. The third-order valence-corrected chi connectivity index (χ3v) is 2.41. The Morgan fingerprint density at radius 1 is 1.38 bits per heavy atom. The first-order valence-corrected chi connectivity index (χ1v) is 5.70. The lowest BCUT2D eigenvalue weighted by molar-refractivity contribution is 0.105. The maximum Gasteiger partial charge on any atom is 0.407 e. The van der Waals surface area contributed by atoms with Crippen molar-refractivity contribution in [2.75, 3.05) is 6.54 Å². The second-order valence-electron chi connectivity index (χ2n) is 3.79. The first-order chi connectivity index (χ1) is 7.72. The van der Waals surface area contributed by atoms with E-state index in [1.807, 2.05) is 44.2 Å². The summed E-state index contributed by atoms with van der Waals surface area (Å²) in [7, 11) is 0. The lowest BCUT2D eigenvalue weighted by Crippen LogP contribution is -2.29. The van der Waals surface area contributed by atoms with Gasteiger partial charge in [-0.1, -0.05) is 37.3 Å². The molecule has 1 N–H and O–H groups in total. The predicted molar refractivity (Wildman–Crippen MR) is 64.4 cm³/mol. The van der Waals surface area contributed by atoms with Gasteiger partial charge in [0.1, 0.15) is 6.10 Å². The standard InChI is InChI=1S/C13H19NO2/c1-3-11(2)16-13(15)14-10-9-12-7-5-4-6-8-12/h4-8,11H,3,9-10H2,1-2H3,(H,14,15). The minimum atomic E-state index is -0.328. The lowest BCUT2D eigenvalue weighted by Gasteiger charge is -2.11. The Bertz CT molecular complexity index is 311. The molecule has 1 amide bonds. The van der Waals surface area contributed by atoms with Crippen LogP contribution in [0.1, 0.15) is 25.8 Å². The van der Waals surface area contributed by atoms with Gasteiger partial charge in [-0.2, -0.15) is 0 Å². The highest BCUT2D eigenvalue weighted by Gasteiger charge is 2.05. The summed E-state index contributed by atoms with van der Waals surface area (Å²) in [6, 6.07) is 10.1. The highest BCUT2D eigenvalue weighted by Crippen LogP contribution is 1.99. The number of amides is 1. The van der Waals surface area contributed by atoms with Gasteiger partial charge in [0, 0.05) is 6.54 Å². The number of alkyl carbamates (subject to hydrolysis) is 1. The van der Waals surface area contributed by atoms with Gasteiger partial charge in [-0.15, -0.1) is 0 Å². The Morgan fingerprint density at radius 3 is 2.69 bits per heavy atom. The zero-order valence-corrected chi connectivity index (χ0v) is 9.90. The monoisotopic (exact) mass is 221 g/mol. The van der Waals surface area contributed by atoms with Crippen LogP contribution in [-0.2, 0) is 11.2 Å². The van der Waals surface area contributed by atoms with E-state index >= 15 is 0 Å². The van der Waals surface area contributed by atoms with Crippen molar-refractivity contribution in [3.05, 3.63) is 35.9 Å². The summed E-state index contributed by atoms with van der Waals surface area (Å²) in [4.78, 5) is 11.3. The molecule has 1 rings (SSSR count). The Kier molecular flexibility index (Phi) is 5.40. The molecule has 0 saturated carbocycles. The summed E-state index contributed by atoms with van der Waals surface area (Å²) in [5, 5.41) is 2.74. The third kappa shape index (κ3) is 4.82. The van der Waals surface area contributed by atoms with Crippen LogP contribution in [0.25, 0.3) is 0 Å². The summed E-state index contributed by atoms with van der Waals surface area (Å²) < 4.78 is 5.09. The van der Waals surface area contributed by atoms with E-state index in [0.29, 0.717) is 6.54 Å². The van der Waals surface area contributed by atoms with E-state index < -0.39 is 0 Å². The van der Waals surface area contributed by atoms with E-state index in [0.717, 1.165) is 12.8 Å². The molecule has 0 aliphatic carbocycles. The molecule has 0 fully saturated rings. The van der Waals surface area contributed by atoms with Crippen LogP contribution < -0.4 is 5.32 Å². The smallest absolute Gasteiger partial charge is 0.407 e. The van der Waals surface area contributed by atoms with Gasteiger partial charge in [-0.25, -0.2) is 4.79 Å². The van der Waals surface area contributed by atoms with Crippen molar-refractivity contribution in [1.29, 1.82) is 0 Å². The van der Waals surface area contributed by atoms with Crippen molar-refractivity contribution >= 4 is 6.09 Å². The van der Waals surface area contributed by atoms with Crippen molar-refractivity contribution in [2.24, 2.45) is 0 Å². The number of hydrogen-bond acceptors (Lipinski definition) is 2. The fourth-order valence-corrected chi connectivity index (χ4v) is 1.26. The molecule has 0 spiro atoms. The Morgan fingerprint density at radius 2 is 2.06 bits per heavy atom. The molecule has 3 nitrogen and oxygen atoms in total. The number of hydrogen-bond donors (Lipinski definition) is 1. The topological polar surface area (TPSA) is 38.3 Å². The molecule has 0 bridgehead atoms. The second-order valence-corrected chi connectivity index (χ2v) is 3.79. The fraction of sp³-hybridized carbons (Fsp3) is 0.462. The van der Waals surface area contributed by atoms with E-state index in [-0.39, 0.29) is 12.2 Å². The Balaban J connectivity index is 2.18. The average molecular weight is 221 g/mol. The van der Waals surface area contributed by atoms with Gasteiger partial charge in [0.05, 0.1) is 0 Å². The molecule has 1 unspecified atom stereocenters. The van der Waals surface area contributed by atoms with E-state index in [2.05, 4.69) is 5.32 Å². The van der Waals surface area contributed by atoms with E-state index in [9.17, 15) is 4.79 Å². The van der Waals surface area contributed by atoms with Gasteiger partial charge in [0.25, 0.3) is 0 Å².